The Labute approximate surface area is 126 Å². The average molecular weight is 292 g/mol. The van der Waals surface area contributed by atoms with Crippen molar-refractivity contribution in [3.63, 3.8) is 0 Å². The molecule has 0 radical (unpaired) electrons. The van der Waals surface area contributed by atoms with Crippen LogP contribution in [0.4, 0.5) is 5.82 Å². The number of pyridine rings is 1. The minimum Gasteiger partial charge on any atom is -0.355 e. The molecule has 1 fully saturated rings. The van der Waals surface area contributed by atoms with E-state index in [0.29, 0.717) is 16.0 Å². The summed E-state index contributed by atoms with van der Waals surface area (Å²) in [4.78, 5) is 6.61. The first-order chi connectivity index (χ1) is 9.43. The fraction of sp³-hybridized carbons (Fsp3) is 0.625. The third kappa shape index (κ3) is 3.24. The number of nitriles is 1. The molecular formula is C16H22ClN3. The summed E-state index contributed by atoms with van der Waals surface area (Å²) in [5.41, 5.74) is 0.857. The number of nitrogens with zero attached hydrogens (tertiary/aromatic N) is 3. The van der Waals surface area contributed by atoms with Crippen LogP contribution in [0, 0.1) is 22.7 Å². The van der Waals surface area contributed by atoms with Gasteiger partial charge in [0.15, 0.2) is 0 Å². The summed E-state index contributed by atoms with van der Waals surface area (Å²) < 4.78 is 0. The van der Waals surface area contributed by atoms with Gasteiger partial charge >= 0.3 is 0 Å². The van der Waals surface area contributed by atoms with Crippen LogP contribution in [0.1, 0.15) is 45.6 Å². The van der Waals surface area contributed by atoms with Gasteiger partial charge in [0.2, 0.25) is 0 Å². The first-order valence-corrected chi connectivity index (χ1v) is 7.61. The van der Waals surface area contributed by atoms with Crippen LogP contribution in [0.15, 0.2) is 12.3 Å². The predicted molar refractivity (Wildman–Crippen MR) is 83.0 cm³/mol. The van der Waals surface area contributed by atoms with E-state index in [1.165, 1.54) is 6.42 Å². The smallest absolute Gasteiger partial charge is 0.148 e. The molecule has 0 amide bonds. The molecule has 0 bridgehead atoms. The van der Waals surface area contributed by atoms with Gasteiger partial charge in [-0.15, -0.1) is 0 Å². The van der Waals surface area contributed by atoms with Crippen LogP contribution in [-0.4, -0.2) is 18.1 Å². The van der Waals surface area contributed by atoms with Gasteiger partial charge in [-0.1, -0.05) is 32.4 Å². The van der Waals surface area contributed by atoms with Crippen LogP contribution in [0.3, 0.4) is 0 Å². The molecule has 1 unspecified atom stereocenters. The third-order valence-electron chi connectivity index (χ3n) is 4.24. The number of hydrogen-bond acceptors (Lipinski definition) is 3. The minimum absolute atomic E-state index is 0.349. The van der Waals surface area contributed by atoms with Gasteiger partial charge in [-0.05, 0) is 36.7 Å². The Balaban J connectivity index is 2.18. The highest BCUT2D eigenvalue weighted by Gasteiger charge is 2.28. The lowest BCUT2D eigenvalue weighted by atomic mass is 9.77. The fourth-order valence-electron chi connectivity index (χ4n) is 2.91. The number of hydrogen-bond donors (Lipinski definition) is 0. The Morgan fingerprint density at radius 1 is 1.35 bits per heavy atom. The molecule has 4 heteroatoms. The minimum atomic E-state index is 0.349. The fourth-order valence-corrected chi connectivity index (χ4v) is 3.19. The van der Waals surface area contributed by atoms with Crippen molar-refractivity contribution in [3.8, 4) is 6.07 Å². The SMILES string of the molecule is CC(C)(C)C1CCCN(c2nccc(C#N)c2Cl)CC1. The molecule has 0 aliphatic carbocycles. The summed E-state index contributed by atoms with van der Waals surface area (Å²) in [7, 11) is 0. The van der Waals surface area contributed by atoms with Gasteiger partial charge in [0, 0.05) is 19.3 Å². The van der Waals surface area contributed by atoms with E-state index in [1.54, 1.807) is 12.3 Å². The van der Waals surface area contributed by atoms with Crippen molar-refractivity contribution < 1.29 is 0 Å². The Morgan fingerprint density at radius 3 is 2.75 bits per heavy atom. The van der Waals surface area contributed by atoms with Gasteiger partial charge in [-0.25, -0.2) is 4.98 Å². The Kier molecular flexibility index (Phi) is 4.55. The molecule has 3 nitrogen and oxygen atoms in total. The van der Waals surface area contributed by atoms with Crippen LogP contribution in [0.2, 0.25) is 5.02 Å². The van der Waals surface area contributed by atoms with Crippen molar-refractivity contribution in [2.75, 3.05) is 18.0 Å². The van der Waals surface area contributed by atoms with Crippen LogP contribution in [0.25, 0.3) is 0 Å². The zero-order chi connectivity index (χ0) is 14.8. The van der Waals surface area contributed by atoms with Gasteiger partial charge in [0.25, 0.3) is 0 Å². The van der Waals surface area contributed by atoms with Crippen molar-refractivity contribution in [3.05, 3.63) is 22.8 Å². The molecule has 0 aromatic carbocycles. The molecule has 0 saturated carbocycles. The van der Waals surface area contributed by atoms with E-state index >= 15 is 0 Å². The lowest BCUT2D eigenvalue weighted by Crippen LogP contribution is -2.27. The van der Waals surface area contributed by atoms with E-state index in [2.05, 4.69) is 36.7 Å². The summed E-state index contributed by atoms with van der Waals surface area (Å²) >= 11 is 6.30. The van der Waals surface area contributed by atoms with Crippen LogP contribution < -0.4 is 4.90 Å². The summed E-state index contributed by atoms with van der Waals surface area (Å²) in [6, 6.07) is 3.79. The molecule has 2 rings (SSSR count). The quantitative estimate of drug-likeness (QED) is 0.776. The van der Waals surface area contributed by atoms with E-state index in [9.17, 15) is 0 Å². The highest BCUT2D eigenvalue weighted by molar-refractivity contribution is 6.34. The highest BCUT2D eigenvalue weighted by Crippen LogP contribution is 2.36. The molecular weight excluding hydrogens is 270 g/mol. The first kappa shape index (κ1) is 15.1. The average Bonchev–Trinajstić information content (AvgIpc) is 2.64. The zero-order valence-corrected chi connectivity index (χ0v) is 13.2. The van der Waals surface area contributed by atoms with Crippen LogP contribution >= 0.6 is 11.6 Å². The molecule has 1 aromatic rings. The van der Waals surface area contributed by atoms with Crippen molar-refractivity contribution in [1.82, 2.24) is 4.98 Å². The second-order valence-electron chi connectivity index (χ2n) is 6.59. The molecule has 1 aliphatic rings. The normalized spacial score (nSPS) is 20.4. The molecule has 1 aliphatic heterocycles. The summed E-state index contributed by atoms with van der Waals surface area (Å²) in [6.07, 6.45) is 5.22. The molecule has 1 aromatic heterocycles. The largest absolute Gasteiger partial charge is 0.355 e. The number of anilines is 1. The maximum absolute atomic E-state index is 9.06. The summed E-state index contributed by atoms with van der Waals surface area (Å²) in [5, 5.41) is 9.55. The Bertz CT molecular complexity index is 513. The summed E-state index contributed by atoms with van der Waals surface area (Å²) in [6.45, 7) is 8.87. The lowest BCUT2D eigenvalue weighted by Gasteiger charge is -2.30. The van der Waals surface area contributed by atoms with E-state index in [1.807, 2.05) is 0 Å². The number of halogens is 1. The Morgan fingerprint density at radius 2 is 2.10 bits per heavy atom. The molecule has 1 atom stereocenters. The second kappa shape index (κ2) is 6.01. The molecule has 108 valence electrons. The van der Waals surface area contributed by atoms with Gasteiger partial charge in [-0.2, -0.15) is 5.26 Å². The third-order valence-corrected chi connectivity index (χ3v) is 4.62. The van der Waals surface area contributed by atoms with Crippen molar-refractivity contribution in [2.45, 2.75) is 40.0 Å². The topological polar surface area (TPSA) is 39.9 Å². The lowest BCUT2D eigenvalue weighted by molar-refractivity contribution is 0.220. The number of rotatable bonds is 1. The molecule has 1 saturated heterocycles. The van der Waals surface area contributed by atoms with Crippen molar-refractivity contribution >= 4 is 17.4 Å². The standard InChI is InChI=1S/C16H22ClN3/c1-16(2,3)13-5-4-9-20(10-7-13)15-14(17)12(11-18)6-8-19-15/h6,8,13H,4-5,7,9-10H2,1-3H3. The van der Waals surface area contributed by atoms with E-state index in [0.717, 1.165) is 37.7 Å². The van der Waals surface area contributed by atoms with E-state index in [4.69, 9.17) is 16.9 Å². The van der Waals surface area contributed by atoms with Crippen molar-refractivity contribution in [1.29, 1.82) is 5.26 Å². The molecule has 0 N–H and O–H groups in total. The van der Waals surface area contributed by atoms with E-state index in [-0.39, 0.29) is 0 Å². The van der Waals surface area contributed by atoms with Crippen LogP contribution in [0.5, 0.6) is 0 Å². The van der Waals surface area contributed by atoms with Gasteiger partial charge < -0.3 is 4.90 Å². The maximum Gasteiger partial charge on any atom is 0.148 e. The van der Waals surface area contributed by atoms with E-state index < -0.39 is 0 Å². The molecule has 2 heterocycles. The van der Waals surface area contributed by atoms with Gasteiger partial charge in [0.1, 0.15) is 16.9 Å². The van der Waals surface area contributed by atoms with Crippen LogP contribution in [-0.2, 0) is 0 Å². The Hall–Kier alpha value is -1.27. The monoisotopic (exact) mass is 291 g/mol. The summed E-state index contributed by atoms with van der Waals surface area (Å²) in [5.74, 6) is 1.49. The molecule has 20 heavy (non-hydrogen) atoms. The number of aromatic nitrogens is 1. The second-order valence-corrected chi connectivity index (χ2v) is 6.97. The van der Waals surface area contributed by atoms with Gasteiger partial charge in [0.05, 0.1) is 5.56 Å². The zero-order valence-electron chi connectivity index (χ0n) is 12.5. The predicted octanol–water partition coefficient (Wildman–Crippen LogP) is 4.26. The van der Waals surface area contributed by atoms with Gasteiger partial charge in [-0.3, -0.25) is 0 Å². The maximum atomic E-state index is 9.06. The first-order valence-electron chi connectivity index (χ1n) is 7.23. The molecule has 0 spiro atoms. The highest BCUT2D eigenvalue weighted by atomic mass is 35.5. The van der Waals surface area contributed by atoms with Crippen molar-refractivity contribution in [2.24, 2.45) is 11.3 Å².